The Labute approximate surface area is 107 Å². The summed E-state index contributed by atoms with van der Waals surface area (Å²) < 4.78 is 5.49. The minimum atomic E-state index is -0.00694. The van der Waals surface area contributed by atoms with Gasteiger partial charge in [-0.25, -0.2) is 0 Å². The summed E-state index contributed by atoms with van der Waals surface area (Å²) in [7, 11) is 0. The van der Waals surface area contributed by atoms with Crippen LogP contribution in [0, 0.1) is 17.8 Å². The molecule has 2 bridgehead atoms. The van der Waals surface area contributed by atoms with Crippen molar-refractivity contribution in [3.05, 3.63) is 12.2 Å². The Kier molecular flexibility index (Phi) is 3.88. The second-order valence-electron chi connectivity index (χ2n) is 4.23. The summed E-state index contributed by atoms with van der Waals surface area (Å²) in [6.45, 7) is 0.498. The van der Waals surface area contributed by atoms with Crippen LogP contribution < -0.4 is 0 Å². The first-order valence-electron chi connectivity index (χ1n) is 5.30. The van der Waals surface area contributed by atoms with E-state index < -0.39 is 0 Å². The minimum Gasteiger partial charge on any atom is -0.465 e. The van der Waals surface area contributed by atoms with Gasteiger partial charge >= 0.3 is 5.97 Å². The smallest absolute Gasteiger partial charge is 0.309 e. The Bertz CT molecular complexity index is 276. The zero-order chi connectivity index (χ0) is 10.8. The van der Waals surface area contributed by atoms with E-state index in [9.17, 15) is 4.79 Å². The van der Waals surface area contributed by atoms with E-state index in [-0.39, 0.29) is 15.6 Å². The summed E-state index contributed by atoms with van der Waals surface area (Å²) in [5.74, 6) is 1.20. The Morgan fingerprint density at radius 2 is 2.20 bits per heavy atom. The lowest BCUT2D eigenvalue weighted by atomic mass is 9.94. The third-order valence-electron chi connectivity index (χ3n) is 3.16. The van der Waals surface area contributed by atoms with Crippen LogP contribution in [-0.4, -0.2) is 16.3 Å². The third-order valence-corrected chi connectivity index (χ3v) is 4.08. The highest BCUT2D eigenvalue weighted by atomic mass is 79.9. The first-order valence-corrected chi connectivity index (χ1v) is 7.13. The molecule has 3 unspecified atom stereocenters. The summed E-state index contributed by atoms with van der Waals surface area (Å²) in [6.07, 6.45) is 7.37. The molecule has 0 spiro atoms. The van der Waals surface area contributed by atoms with E-state index in [0.717, 1.165) is 19.3 Å². The highest BCUT2D eigenvalue weighted by molar-refractivity contribution is 9.24. The molecule has 0 aliphatic heterocycles. The van der Waals surface area contributed by atoms with Crippen LogP contribution in [0.2, 0.25) is 0 Å². The second kappa shape index (κ2) is 5.00. The molecular formula is C11H14Br2O2. The number of hydrogen-bond donors (Lipinski definition) is 0. The molecule has 84 valence electrons. The van der Waals surface area contributed by atoms with E-state index in [4.69, 9.17) is 4.74 Å². The predicted molar refractivity (Wildman–Crippen MR) is 66.1 cm³/mol. The molecule has 0 amide bonds. The lowest BCUT2D eigenvalue weighted by Gasteiger charge is -2.16. The molecule has 3 atom stereocenters. The molecular weight excluding hydrogens is 324 g/mol. The fourth-order valence-corrected chi connectivity index (χ4v) is 2.78. The van der Waals surface area contributed by atoms with E-state index in [1.807, 2.05) is 0 Å². The number of allylic oxidation sites excluding steroid dienone is 2. The number of rotatable bonds is 4. The van der Waals surface area contributed by atoms with Gasteiger partial charge in [-0.15, -0.1) is 0 Å². The van der Waals surface area contributed by atoms with Gasteiger partial charge in [0.15, 0.2) is 0 Å². The van der Waals surface area contributed by atoms with Gasteiger partial charge in [0.25, 0.3) is 0 Å². The Morgan fingerprint density at radius 1 is 1.40 bits per heavy atom. The summed E-state index contributed by atoms with van der Waals surface area (Å²) in [6, 6.07) is 0. The van der Waals surface area contributed by atoms with Crippen molar-refractivity contribution in [3.63, 3.8) is 0 Å². The molecule has 0 N–H and O–H groups in total. The van der Waals surface area contributed by atoms with Crippen LogP contribution in [0.15, 0.2) is 12.2 Å². The highest BCUT2D eigenvalue weighted by Crippen LogP contribution is 2.43. The van der Waals surface area contributed by atoms with Crippen molar-refractivity contribution in [2.24, 2.45) is 17.8 Å². The fourth-order valence-electron chi connectivity index (χ4n) is 2.41. The normalized spacial score (nSPS) is 32.6. The standard InChI is InChI=1S/C11H14Br2O2/c12-10(13)3-4-15-11(14)9-6-7-1-2-8(9)5-7/h1-2,7-10H,3-6H2. The Hall–Kier alpha value is 0.170. The van der Waals surface area contributed by atoms with Gasteiger partial charge in [-0.1, -0.05) is 44.0 Å². The molecule has 0 saturated heterocycles. The third kappa shape index (κ3) is 2.84. The average Bonchev–Trinajstić information content (AvgIpc) is 2.77. The number of ether oxygens (including phenoxy) is 1. The number of alkyl halides is 2. The average molecular weight is 338 g/mol. The molecule has 0 aromatic carbocycles. The fraction of sp³-hybridized carbons (Fsp3) is 0.727. The highest BCUT2D eigenvalue weighted by Gasteiger charge is 2.40. The lowest BCUT2D eigenvalue weighted by molar-refractivity contribution is -0.149. The first-order chi connectivity index (χ1) is 7.16. The molecule has 0 aromatic heterocycles. The van der Waals surface area contributed by atoms with Gasteiger partial charge in [0, 0.05) is 6.42 Å². The zero-order valence-corrected chi connectivity index (χ0v) is 11.5. The van der Waals surface area contributed by atoms with E-state index in [1.165, 1.54) is 0 Å². The Balaban J connectivity index is 1.75. The minimum absolute atomic E-state index is 0.00694. The van der Waals surface area contributed by atoms with Crippen molar-refractivity contribution in [1.82, 2.24) is 0 Å². The quantitative estimate of drug-likeness (QED) is 0.447. The summed E-state index contributed by atoms with van der Waals surface area (Å²) in [4.78, 5) is 11.7. The molecule has 0 radical (unpaired) electrons. The number of esters is 1. The molecule has 4 heteroatoms. The van der Waals surface area contributed by atoms with Gasteiger partial charge in [-0.2, -0.15) is 0 Å². The molecule has 1 saturated carbocycles. The van der Waals surface area contributed by atoms with Gasteiger partial charge in [0.2, 0.25) is 0 Å². The lowest BCUT2D eigenvalue weighted by Crippen LogP contribution is -2.22. The van der Waals surface area contributed by atoms with Crippen LogP contribution in [0.5, 0.6) is 0 Å². The van der Waals surface area contributed by atoms with Crippen LogP contribution in [0.25, 0.3) is 0 Å². The molecule has 2 nitrogen and oxygen atoms in total. The summed E-state index contributed by atoms with van der Waals surface area (Å²) in [5.41, 5.74) is 0. The van der Waals surface area contributed by atoms with Gasteiger partial charge in [0.1, 0.15) is 0 Å². The van der Waals surface area contributed by atoms with Crippen molar-refractivity contribution < 1.29 is 9.53 Å². The molecule has 0 heterocycles. The zero-order valence-electron chi connectivity index (χ0n) is 8.36. The maximum atomic E-state index is 11.7. The number of carbonyl (C=O) groups excluding carboxylic acids is 1. The van der Waals surface area contributed by atoms with Gasteiger partial charge in [0.05, 0.1) is 16.3 Å². The molecule has 0 aromatic rings. The Morgan fingerprint density at radius 3 is 2.73 bits per heavy atom. The molecule has 2 aliphatic carbocycles. The SMILES string of the molecule is O=C(OCCC(Br)Br)C1CC2C=CC1C2. The van der Waals surface area contributed by atoms with E-state index in [1.54, 1.807) is 0 Å². The summed E-state index contributed by atoms with van der Waals surface area (Å²) in [5, 5.41) is 0. The van der Waals surface area contributed by atoms with Gasteiger partial charge in [-0.05, 0) is 24.7 Å². The van der Waals surface area contributed by atoms with Crippen LogP contribution in [0.1, 0.15) is 19.3 Å². The maximum absolute atomic E-state index is 11.7. The second-order valence-corrected chi connectivity index (χ2v) is 7.67. The topological polar surface area (TPSA) is 26.3 Å². The van der Waals surface area contributed by atoms with Crippen molar-refractivity contribution in [1.29, 1.82) is 0 Å². The van der Waals surface area contributed by atoms with Gasteiger partial charge < -0.3 is 4.74 Å². The first kappa shape index (κ1) is 11.6. The van der Waals surface area contributed by atoms with Crippen LogP contribution in [0.3, 0.4) is 0 Å². The summed E-state index contributed by atoms with van der Waals surface area (Å²) >= 11 is 6.71. The molecule has 15 heavy (non-hydrogen) atoms. The largest absolute Gasteiger partial charge is 0.465 e. The molecule has 1 fully saturated rings. The maximum Gasteiger partial charge on any atom is 0.309 e. The number of halogens is 2. The van der Waals surface area contributed by atoms with Crippen molar-refractivity contribution in [3.8, 4) is 0 Å². The van der Waals surface area contributed by atoms with E-state index in [2.05, 4.69) is 44.0 Å². The van der Waals surface area contributed by atoms with Crippen LogP contribution >= 0.6 is 31.9 Å². The predicted octanol–water partition coefficient (Wildman–Crippen LogP) is 3.25. The number of hydrogen-bond acceptors (Lipinski definition) is 2. The number of carbonyl (C=O) groups is 1. The van der Waals surface area contributed by atoms with E-state index >= 15 is 0 Å². The van der Waals surface area contributed by atoms with Crippen molar-refractivity contribution in [2.75, 3.05) is 6.61 Å². The van der Waals surface area contributed by atoms with Gasteiger partial charge in [-0.3, -0.25) is 4.79 Å². The molecule has 2 aliphatic rings. The number of fused-ring (bicyclic) bond motifs is 2. The van der Waals surface area contributed by atoms with Crippen molar-refractivity contribution >= 4 is 37.8 Å². The van der Waals surface area contributed by atoms with Crippen molar-refractivity contribution in [2.45, 2.75) is 23.0 Å². The molecule has 2 rings (SSSR count). The monoisotopic (exact) mass is 336 g/mol. The van der Waals surface area contributed by atoms with Crippen LogP contribution in [0.4, 0.5) is 0 Å². The van der Waals surface area contributed by atoms with Crippen LogP contribution in [-0.2, 0) is 9.53 Å². The van der Waals surface area contributed by atoms with E-state index in [0.29, 0.717) is 18.4 Å².